The highest BCUT2D eigenvalue weighted by molar-refractivity contribution is 7.99. The number of hydrogen-bond donors (Lipinski definition) is 1. The predicted molar refractivity (Wildman–Crippen MR) is 65.7 cm³/mol. The van der Waals surface area contributed by atoms with Crippen LogP contribution in [-0.4, -0.2) is 41.1 Å². The Morgan fingerprint density at radius 2 is 2.47 bits per heavy atom. The fraction of sp³-hybridized carbons (Fsp3) is 0.600. The molecule has 1 aliphatic rings. The summed E-state index contributed by atoms with van der Waals surface area (Å²) in [5.41, 5.74) is 0. The lowest BCUT2D eigenvalue weighted by Crippen LogP contribution is -2.40. The Hall–Kier alpha value is -0.970. The molecule has 0 spiro atoms. The molecular formula is C10H16N4S. The molecule has 1 saturated heterocycles. The Morgan fingerprint density at radius 3 is 3.20 bits per heavy atom. The number of nitrogens with zero attached hydrogens (tertiary/aromatic N) is 3. The van der Waals surface area contributed by atoms with E-state index in [9.17, 15) is 0 Å². The molecule has 1 aromatic heterocycles. The van der Waals surface area contributed by atoms with Crippen LogP contribution in [0.25, 0.3) is 0 Å². The van der Waals surface area contributed by atoms with Crippen LogP contribution < -0.4 is 10.2 Å². The molecule has 4 nitrogen and oxygen atoms in total. The van der Waals surface area contributed by atoms with E-state index in [2.05, 4.69) is 27.1 Å². The van der Waals surface area contributed by atoms with Gasteiger partial charge in [0.15, 0.2) is 0 Å². The van der Waals surface area contributed by atoms with Crippen molar-refractivity contribution in [1.29, 1.82) is 0 Å². The van der Waals surface area contributed by atoms with Crippen LogP contribution in [0.15, 0.2) is 12.3 Å². The maximum atomic E-state index is 4.46. The molecule has 1 atom stereocenters. The zero-order valence-electron chi connectivity index (χ0n) is 9.10. The second-order valence-corrected chi connectivity index (χ2v) is 4.76. The third-order valence-electron chi connectivity index (χ3n) is 2.53. The average Bonchev–Trinajstić information content (AvgIpc) is 2.30. The first-order chi connectivity index (χ1) is 7.31. The van der Waals surface area contributed by atoms with Gasteiger partial charge in [-0.2, -0.15) is 16.7 Å². The molecule has 1 aromatic rings. The Balaban J connectivity index is 2.19. The van der Waals surface area contributed by atoms with Crippen molar-refractivity contribution in [2.45, 2.75) is 13.0 Å². The van der Waals surface area contributed by atoms with E-state index in [1.807, 2.05) is 31.1 Å². The normalized spacial score (nSPS) is 21.5. The second-order valence-electron chi connectivity index (χ2n) is 3.61. The molecule has 0 amide bonds. The van der Waals surface area contributed by atoms with Gasteiger partial charge >= 0.3 is 0 Å². The molecule has 0 saturated carbocycles. The van der Waals surface area contributed by atoms with E-state index in [-0.39, 0.29) is 0 Å². The highest BCUT2D eigenvalue weighted by Crippen LogP contribution is 2.22. The summed E-state index contributed by atoms with van der Waals surface area (Å²) in [6.07, 6.45) is 1.81. The molecule has 5 heteroatoms. The number of thioether (sulfide) groups is 1. The molecule has 1 N–H and O–H groups in total. The molecule has 2 heterocycles. The number of anilines is 2. The molecule has 0 bridgehead atoms. The number of hydrogen-bond acceptors (Lipinski definition) is 5. The van der Waals surface area contributed by atoms with Gasteiger partial charge in [0.1, 0.15) is 5.82 Å². The lowest BCUT2D eigenvalue weighted by Gasteiger charge is -2.34. The maximum absolute atomic E-state index is 4.46. The van der Waals surface area contributed by atoms with Crippen LogP contribution in [0.1, 0.15) is 6.92 Å². The summed E-state index contributed by atoms with van der Waals surface area (Å²) in [4.78, 5) is 10.9. The van der Waals surface area contributed by atoms with Gasteiger partial charge in [0.05, 0.1) is 0 Å². The van der Waals surface area contributed by atoms with E-state index < -0.39 is 0 Å². The molecule has 1 unspecified atom stereocenters. The summed E-state index contributed by atoms with van der Waals surface area (Å²) in [6.45, 7) is 3.32. The smallest absolute Gasteiger partial charge is 0.224 e. The summed E-state index contributed by atoms with van der Waals surface area (Å²) >= 11 is 2.01. The highest BCUT2D eigenvalue weighted by Gasteiger charge is 2.19. The first-order valence-electron chi connectivity index (χ1n) is 5.16. The topological polar surface area (TPSA) is 41.1 Å². The predicted octanol–water partition coefficient (Wildman–Crippen LogP) is 1.46. The summed E-state index contributed by atoms with van der Waals surface area (Å²) in [5, 5.41) is 2.97. The number of rotatable bonds is 2. The van der Waals surface area contributed by atoms with Crippen molar-refractivity contribution in [3.63, 3.8) is 0 Å². The second kappa shape index (κ2) is 4.70. The fourth-order valence-electron chi connectivity index (χ4n) is 1.70. The van der Waals surface area contributed by atoms with Gasteiger partial charge in [0.2, 0.25) is 5.95 Å². The van der Waals surface area contributed by atoms with Gasteiger partial charge in [0.25, 0.3) is 0 Å². The molecule has 0 aliphatic carbocycles. The van der Waals surface area contributed by atoms with Crippen LogP contribution in [-0.2, 0) is 0 Å². The Morgan fingerprint density at radius 1 is 1.60 bits per heavy atom. The maximum Gasteiger partial charge on any atom is 0.224 e. The van der Waals surface area contributed by atoms with Gasteiger partial charge in [-0.3, -0.25) is 0 Å². The number of nitrogens with one attached hydrogen (secondary N) is 1. The van der Waals surface area contributed by atoms with Crippen LogP contribution in [0, 0.1) is 0 Å². The van der Waals surface area contributed by atoms with Gasteiger partial charge in [-0.25, -0.2) is 4.98 Å². The lowest BCUT2D eigenvalue weighted by molar-refractivity contribution is 0.689. The Bertz CT molecular complexity index is 331. The van der Waals surface area contributed by atoms with E-state index in [0.717, 1.165) is 12.4 Å². The van der Waals surface area contributed by atoms with Crippen LogP contribution in [0.3, 0.4) is 0 Å². The van der Waals surface area contributed by atoms with E-state index in [1.165, 1.54) is 11.5 Å². The molecule has 1 aliphatic heterocycles. The quantitative estimate of drug-likeness (QED) is 0.823. The van der Waals surface area contributed by atoms with E-state index in [4.69, 9.17) is 0 Å². The van der Waals surface area contributed by atoms with Gasteiger partial charge in [-0.1, -0.05) is 0 Å². The van der Waals surface area contributed by atoms with Crippen molar-refractivity contribution in [3.8, 4) is 0 Å². The minimum atomic E-state index is 0.559. The van der Waals surface area contributed by atoms with E-state index >= 15 is 0 Å². The van der Waals surface area contributed by atoms with Gasteiger partial charge in [0, 0.05) is 37.3 Å². The summed E-state index contributed by atoms with van der Waals surface area (Å²) in [7, 11) is 1.84. The minimum absolute atomic E-state index is 0.559. The van der Waals surface area contributed by atoms with Crippen molar-refractivity contribution in [1.82, 2.24) is 9.97 Å². The summed E-state index contributed by atoms with van der Waals surface area (Å²) in [5.74, 6) is 4.09. The Kier molecular flexibility index (Phi) is 3.30. The molecule has 82 valence electrons. The Labute approximate surface area is 94.5 Å². The van der Waals surface area contributed by atoms with Crippen molar-refractivity contribution < 1.29 is 0 Å². The van der Waals surface area contributed by atoms with Gasteiger partial charge in [-0.05, 0) is 13.0 Å². The zero-order chi connectivity index (χ0) is 10.7. The average molecular weight is 224 g/mol. The van der Waals surface area contributed by atoms with E-state index in [0.29, 0.717) is 12.0 Å². The molecule has 0 aromatic carbocycles. The largest absolute Gasteiger partial charge is 0.357 e. The lowest BCUT2D eigenvalue weighted by atomic mass is 10.3. The van der Waals surface area contributed by atoms with Crippen LogP contribution in [0.5, 0.6) is 0 Å². The first kappa shape index (κ1) is 10.5. The third-order valence-corrected chi connectivity index (χ3v) is 3.72. The van der Waals surface area contributed by atoms with Gasteiger partial charge < -0.3 is 10.2 Å². The molecule has 0 radical (unpaired) electrons. The van der Waals surface area contributed by atoms with Crippen molar-refractivity contribution in [2.75, 3.05) is 35.3 Å². The molecule has 2 rings (SSSR count). The van der Waals surface area contributed by atoms with Crippen molar-refractivity contribution >= 4 is 23.5 Å². The first-order valence-corrected chi connectivity index (χ1v) is 6.32. The van der Waals surface area contributed by atoms with Gasteiger partial charge in [-0.15, -0.1) is 0 Å². The highest BCUT2D eigenvalue weighted by atomic mass is 32.2. The summed E-state index contributed by atoms with van der Waals surface area (Å²) < 4.78 is 0. The fourth-order valence-corrected chi connectivity index (χ4v) is 2.71. The van der Waals surface area contributed by atoms with Crippen LogP contribution in [0.4, 0.5) is 11.8 Å². The monoisotopic (exact) mass is 224 g/mol. The molecule has 1 fully saturated rings. The molecule has 15 heavy (non-hydrogen) atoms. The minimum Gasteiger partial charge on any atom is -0.357 e. The van der Waals surface area contributed by atoms with Crippen molar-refractivity contribution in [3.05, 3.63) is 12.3 Å². The third kappa shape index (κ3) is 2.34. The zero-order valence-corrected chi connectivity index (χ0v) is 9.92. The van der Waals surface area contributed by atoms with E-state index in [1.54, 1.807) is 0 Å². The molecular weight excluding hydrogens is 208 g/mol. The number of aromatic nitrogens is 2. The summed E-state index contributed by atoms with van der Waals surface area (Å²) in [6, 6.07) is 2.54. The van der Waals surface area contributed by atoms with Crippen molar-refractivity contribution in [2.24, 2.45) is 0 Å². The van der Waals surface area contributed by atoms with Crippen LogP contribution >= 0.6 is 11.8 Å². The van der Waals surface area contributed by atoms with Crippen LogP contribution in [0.2, 0.25) is 0 Å². The standard InChI is InChI=1S/C10H16N4S/c1-8-7-15-6-5-14(8)9-3-4-12-10(11-2)13-9/h3-4,8H,5-7H2,1-2H3,(H,11,12,13). The SMILES string of the molecule is CNc1nccc(N2CCSCC2C)n1.